The highest BCUT2D eigenvalue weighted by Crippen LogP contribution is 2.26. The minimum Gasteiger partial charge on any atom is -0.299 e. The predicted octanol–water partition coefficient (Wildman–Crippen LogP) is 3.34. The van der Waals surface area contributed by atoms with Gasteiger partial charge in [-0.25, -0.2) is 4.39 Å². The molecule has 0 aliphatic carbocycles. The Balaban J connectivity index is 2.05. The lowest BCUT2D eigenvalue weighted by Crippen LogP contribution is -2.16. The molecule has 0 radical (unpaired) electrons. The smallest absolute Gasteiger partial charge is 0.141 e. The van der Waals surface area contributed by atoms with Crippen LogP contribution >= 0.6 is 23.4 Å². The number of hydrogen-bond acceptors (Lipinski definition) is 2. The van der Waals surface area contributed by atoms with E-state index in [1.165, 1.54) is 12.1 Å². The average Bonchev–Trinajstić information content (AvgIpc) is 2.75. The van der Waals surface area contributed by atoms with E-state index in [9.17, 15) is 9.18 Å². The van der Waals surface area contributed by atoms with Gasteiger partial charge in [-0.3, -0.25) is 4.79 Å². The SMILES string of the molecule is O=C(Cc1ccc(F)cc1Cl)C1CCSC1. The summed E-state index contributed by atoms with van der Waals surface area (Å²) < 4.78 is 12.8. The molecule has 0 aromatic heterocycles. The fraction of sp³-hybridized carbons (Fsp3) is 0.417. The summed E-state index contributed by atoms with van der Waals surface area (Å²) in [6, 6.07) is 4.20. The summed E-state index contributed by atoms with van der Waals surface area (Å²) in [5.74, 6) is 1.99. The fourth-order valence-corrected chi connectivity index (χ4v) is 3.27. The second-order valence-electron chi connectivity index (χ2n) is 3.94. The lowest BCUT2D eigenvalue weighted by molar-refractivity contribution is -0.121. The maximum Gasteiger partial charge on any atom is 0.141 e. The molecule has 1 saturated heterocycles. The molecular weight excluding hydrogens is 247 g/mol. The van der Waals surface area contributed by atoms with Gasteiger partial charge in [0.15, 0.2) is 0 Å². The molecule has 1 nitrogen and oxygen atoms in total. The third-order valence-electron chi connectivity index (χ3n) is 2.76. The van der Waals surface area contributed by atoms with Crippen molar-refractivity contribution in [2.24, 2.45) is 5.92 Å². The molecule has 2 rings (SSSR count). The van der Waals surface area contributed by atoms with E-state index >= 15 is 0 Å². The van der Waals surface area contributed by atoms with Gasteiger partial charge < -0.3 is 0 Å². The van der Waals surface area contributed by atoms with E-state index < -0.39 is 0 Å². The molecule has 1 aliphatic rings. The maximum atomic E-state index is 12.8. The Morgan fingerprint density at radius 3 is 3.00 bits per heavy atom. The van der Waals surface area contributed by atoms with Crippen LogP contribution in [0.1, 0.15) is 12.0 Å². The van der Waals surface area contributed by atoms with Crippen LogP contribution in [0.3, 0.4) is 0 Å². The van der Waals surface area contributed by atoms with Gasteiger partial charge >= 0.3 is 0 Å². The lowest BCUT2D eigenvalue weighted by atomic mass is 9.97. The number of halogens is 2. The maximum absolute atomic E-state index is 12.8. The summed E-state index contributed by atoms with van der Waals surface area (Å²) in [5, 5.41) is 0.346. The van der Waals surface area contributed by atoms with Crippen molar-refractivity contribution in [2.45, 2.75) is 12.8 Å². The molecule has 1 atom stereocenters. The van der Waals surface area contributed by atoms with Gasteiger partial charge in [-0.15, -0.1) is 0 Å². The molecule has 1 aromatic carbocycles. The van der Waals surface area contributed by atoms with E-state index in [1.54, 1.807) is 6.07 Å². The summed E-state index contributed by atoms with van der Waals surface area (Å²) in [5.41, 5.74) is 0.727. The average molecular weight is 259 g/mol. The first-order valence-electron chi connectivity index (χ1n) is 5.21. The first kappa shape index (κ1) is 11.9. The van der Waals surface area contributed by atoms with Crippen LogP contribution in [-0.2, 0) is 11.2 Å². The fourth-order valence-electron chi connectivity index (χ4n) is 1.79. The molecule has 1 aliphatic heterocycles. The van der Waals surface area contributed by atoms with E-state index in [-0.39, 0.29) is 17.5 Å². The molecule has 16 heavy (non-hydrogen) atoms. The van der Waals surface area contributed by atoms with Crippen LogP contribution in [0.15, 0.2) is 18.2 Å². The Morgan fingerprint density at radius 1 is 1.56 bits per heavy atom. The Labute approximate surface area is 103 Å². The minimum atomic E-state index is -0.363. The Bertz CT molecular complexity index is 402. The first-order chi connectivity index (χ1) is 7.66. The van der Waals surface area contributed by atoms with E-state index in [4.69, 9.17) is 11.6 Å². The summed E-state index contributed by atoms with van der Waals surface area (Å²) in [6.07, 6.45) is 1.28. The molecule has 1 fully saturated rings. The van der Waals surface area contributed by atoms with E-state index in [0.29, 0.717) is 11.4 Å². The highest BCUT2D eigenvalue weighted by atomic mass is 35.5. The van der Waals surface area contributed by atoms with Crippen LogP contribution in [0.5, 0.6) is 0 Å². The van der Waals surface area contributed by atoms with Crippen LogP contribution in [0.25, 0.3) is 0 Å². The van der Waals surface area contributed by atoms with Crippen molar-refractivity contribution in [1.82, 2.24) is 0 Å². The summed E-state index contributed by atoms with van der Waals surface area (Å²) in [7, 11) is 0. The topological polar surface area (TPSA) is 17.1 Å². The predicted molar refractivity (Wildman–Crippen MR) is 65.6 cm³/mol. The van der Waals surface area contributed by atoms with Crippen molar-refractivity contribution in [3.63, 3.8) is 0 Å². The van der Waals surface area contributed by atoms with Crippen LogP contribution in [0.4, 0.5) is 4.39 Å². The molecule has 0 spiro atoms. The Hall–Kier alpha value is -0.540. The van der Waals surface area contributed by atoms with Crippen molar-refractivity contribution >= 4 is 29.1 Å². The van der Waals surface area contributed by atoms with Gasteiger partial charge in [0.25, 0.3) is 0 Å². The molecule has 0 amide bonds. The van der Waals surface area contributed by atoms with E-state index in [2.05, 4.69) is 0 Å². The third kappa shape index (κ3) is 2.77. The van der Waals surface area contributed by atoms with Crippen molar-refractivity contribution in [3.05, 3.63) is 34.6 Å². The standard InChI is InChI=1S/C12H12ClFOS/c13-11-6-10(14)2-1-8(11)5-12(15)9-3-4-16-7-9/h1-2,6,9H,3-5,7H2. The molecule has 1 unspecified atom stereocenters. The van der Waals surface area contributed by atoms with Crippen molar-refractivity contribution in [1.29, 1.82) is 0 Å². The van der Waals surface area contributed by atoms with E-state index in [0.717, 1.165) is 23.5 Å². The molecule has 1 aromatic rings. The van der Waals surface area contributed by atoms with E-state index in [1.807, 2.05) is 11.8 Å². The van der Waals surface area contributed by atoms with Crippen LogP contribution in [-0.4, -0.2) is 17.3 Å². The number of ketones is 1. The number of carbonyl (C=O) groups excluding carboxylic acids is 1. The molecule has 0 bridgehead atoms. The third-order valence-corrected chi connectivity index (χ3v) is 4.28. The zero-order chi connectivity index (χ0) is 11.5. The van der Waals surface area contributed by atoms with Gasteiger partial charge in [-0.2, -0.15) is 11.8 Å². The number of carbonyl (C=O) groups is 1. The van der Waals surface area contributed by atoms with Crippen molar-refractivity contribution in [3.8, 4) is 0 Å². The molecule has 86 valence electrons. The Kier molecular flexibility index (Phi) is 3.87. The number of thioether (sulfide) groups is 1. The molecule has 4 heteroatoms. The van der Waals surface area contributed by atoms with Gasteiger partial charge in [0, 0.05) is 23.1 Å². The highest BCUT2D eigenvalue weighted by Gasteiger charge is 2.23. The first-order valence-corrected chi connectivity index (χ1v) is 6.74. The normalized spacial score (nSPS) is 20.0. The van der Waals surface area contributed by atoms with Gasteiger partial charge in [0.1, 0.15) is 11.6 Å². The molecule has 1 heterocycles. The lowest BCUT2D eigenvalue weighted by Gasteiger charge is -2.08. The summed E-state index contributed by atoms with van der Waals surface area (Å²) in [6.45, 7) is 0. The van der Waals surface area contributed by atoms with Crippen molar-refractivity contribution in [2.75, 3.05) is 11.5 Å². The molecular formula is C12H12ClFOS. The zero-order valence-electron chi connectivity index (χ0n) is 8.71. The second-order valence-corrected chi connectivity index (χ2v) is 5.50. The van der Waals surface area contributed by atoms with Gasteiger partial charge in [0.05, 0.1) is 0 Å². The van der Waals surface area contributed by atoms with Gasteiger partial charge in [-0.05, 0) is 29.9 Å². The molecule has 0 saturated carbocycles. The largest absolute Gasteiger partial charge is 0.299 e. The highest BCUT2D eigenvalue weighted by molar-refractivity contribution is 7.99. The second kappa shape index (κ2) is 5.19. The minimum absolute atomic E-state index is 0.158. The monoisotopic (exact) mass is 258 g/mol. The zero-order valence-corrected chi connectivity index (χ0v) is 10.3. The summed E-state index contributed by atoms with van der Waals surface area (Å²) in [4.78, 5) is 11.9. The summed E-state index contributed by atoms with van der Waals surface area (Å²) >= 11 is 7.70. The van der Waals surface area contributed by atoms with Crippen LogP contribution in [0.2, 0.25) is 5.02 Å². The quantitative estimate of drug-likeness (QED) is 0.827. The van der Waals surface area contributed by atoms with Gasteiger partial charge in [-0.1, -0.05) is 17.7 Å². The number of Topliss-reactive ketones (excluding diaryl/α,β-unsaturated/α-hetero) is 1. The Morgan fingerprint density at radius 2 is 2.38 bits per heavy atom. The van der Waals surface area contributed by atoms with Crippen LogP contribution in [0, 0.1) is 11.7 Å². The van der Waals surface area contributed by atoms with Crippen LogP contribution < -0.4 is 0 Å². The van der Waals surface area contributed by atoms with Gasteiger partial charge in [0.2, 0.25) is 0 Å². The number of rotatable bonds is 3. The molecule has 0 N–H and O–H groups in total. The number of benzene rings is 1. The number of hydrogen-bond donors (Lipinski definition) is 0. The van der Waals surface area contributed by atoms with Crippen molar-refractivity contribution < 1.29 is 9.18 Å².